The number of nitrogens with one attached hydrogen (secondary N) is 1. The highest BCUT2D eigenvalue weighted by molar-refractivity contribution is 5.76. The predicted molar refractivity (Wildman–Crippen MR) is 112 cm³/mol. The molecule has 156 valence electrons. The lowest BCUT2D eigenvalue weighted by molar-refractivity contribution is -0.122. The number of rotatable bonds is 7. The van der Waals surface area contributed by atoms with Gasteiger partial charge in [-0.1, -0.05) is 24.3 Å². The lowest BCUT2D eigenvalue weighted by atomic mass is 10.1. The normalized spacial score (nSPS) is 11.6. The van der Waals surface area contributed by atoms with Gasteiger partial charge in [0.05, 0.1) is 25.9 Å². The second kappa shape index (κ2) is 9.13. The van der Waals surface area contributed by atoms with Crippen LogP contribution in [0.3, 0.4) is 0 Å². The van der Waals surface area contributed by atoms with Crippen molar-refractivity contribution in [2.45, 2.75) is 19.5 Å². The third-order valence-corrected chi connectivity index (χ3v) is 4.71. The molecule has 1 heterocycles. The molecular weight excluding hydrogens is 386 g/mol. The average Bonchev–Trinajstić information content (AvgIpc) is 2.77. The maximum absolute atomic E-state index is 12.6. The second-order valence-corrected chi connectivity index (χ2v) is 6.64. The molecule has 1 amide bonds. The predicted octanol–water partition coefficient (Wildman–Crippen LogP) is 1.89. The van der Waals surface area contributed by atoms with E-state index in [1.165, 1.54) is 24.1 Å². The molecule has 2 aromatic carbocycles. The molecule has 0 fully saturated rings. The third kappa shape index (κ3) is 4.43. The van der Waals surface area contributed by atoms with Gasteiger partial charge < -0.3 is 14.8 Å². The maximum Gasteiger partial charge on any atom is 0.321 e. The van der Waals surface area contributed by atoms with E-state index in [0.29, 0.717) is 11.4 Å². The Balaban J connectivity index is 1.76. The number of hydrogen-bond donors (Lipinski definition) is 1. The molecule has 0 saturated heterocycles. The summed E-state index contributed by atoms with van der Waals surface area (Å²) in [6, 6.07) is 13.9. The van der Waals surface area contributed by atoms with Crippen LogP contribution in [0.25, 0.3) is 5.69 Å². The van der Waals surface area contributed by atoms with Crippen molar-refractivity contribution in [1.82, 2.24) is 14.5 Å². The van der Waals surface area contributed by atoms with E-state index < -0.39 is 11.1 Å². The lowest BCUT2D eigenvalue weighted by Gasteiger charge is -2.16. The quantitative estimate of drug-likeness (QED) is 0.602. The summed E-state index contributed by atoms with van der Waals surface area (Å²) in [4.78, 5) is 37.5. The monoisotopic (exact) mass is 409 g/mol. The molecule has 1 unspecified atom stereocenters. The van der Waals surface area contributed by atoms with E-state index in [-0.39, 0.29) is 18.5 Å². The Kier molecular flexibility index (Phi) is 6.36. The molecule has 0 bridgehead atoms. The molecule has 1 N–H and O–H groups in total. The SMILES string of the molecule is COc1ccc(C(C)NC(=O)Cn2ccn(-c3ccccc3OC)c(=O)c2=O)cc1. The highest BCUT2D eigenvalue weighted by Gasteiger charge is 2.14. The number of benzene rings is 2. The molecule has 0 saturated carbocycles. The molecule has 0 aliphatic rings. The first-order valence-electron chi connectivity index (χ1n) is 9.33. The topological polar surface area (TPSA) is 91.6 Å². The summed E-state index contributed by atoms with van der Waals surface area (Å²) in [6.45, 7) is 1.57. The number of ether oxygens (including phenoxy) is 2. The van der Waals surface area contributed by atoms with Crippen molar-refractivity contribution < 1.29 is 14.3 Å². The van der Waals surface area contributed by atoms with E-state index in [9.17, 15) is 14.4 Å². The van der Waals surface area contributed by atoms with E-state index >= 15 is 0 Å². The van der Waals surface area contributed by atoms with E-state index in [2.05, 4.69) is 5.32 Å². The van der Waals surface area contributed by atoms with Crippen LogP contribution in [0.2, 0.25) is 0 Å². The zero-order valence-electron chi connectivity index (χ0n) is 17.0. The Bertz CT molecular complexity index is 1150. The minimum Gasteiger partial charge on any atom is -0.497 e. The molecule has 3 aromatic rings. The summed E-state index contributed by atoms with van der Waals surface area (Å²) >= 11 is 0. The summed E-state index contributed by atoms with van der Waals surface area (Å²) in [5.41, 5.74) is -0.219. The number of hydrogen-bond acceptors (Lipinski definition) is 5. The molecule has 8 nitrogen and oxygen atoms in total. The molecule has 3 rings (SSSR count). The smallest absolute Gasteiger partial charge is 0.321 e. The van der Waals surface area contributed by atoms with Crippen molar-refractivity contribution in [3.63, 3.8) is 0 Å². The van der Waals surface area contributed by atoms with Gasteiger partial charge in [0.25, 0.3) is 0 Å². The summed E-state index contributed by atoms with van der Waals surface area (Å²) < 4.78 is 12.7. The average molecular weight is 409 g/mol. The Hall–Kier alpha value is -3.81. The molecule has 1 atom stereocenters. The largest absolute Gasteiger partial charge is 0.497 e. The number of nitrogens with zero attached hydrogens (tertiary/aromatic N) is 2. The van der Waals surface area contributed by atoms with E-state index in [4.69, 9.17) is 9.47 Å². The van der Waals surface area contributed by atoms with Crippen molar-refractivity contribution in [2.24, 2.45) is 0 Å². The van der Waals surface area contributed by atoms with Gasteiger partial charge in [-0.15, -0.1) is 0 Å². The van der Waals surface area contributed by atoms with Crippen LogP contribution < -0.4 is 25.9 Å². The Morgan fingerprint density at radius 2 is 1.67 bits per heavy atom. The molecule has 0 aliphatic carbocycles. The molecule has 0 spiro atoms. The Labute approximate surface area is 173 Å². The number of methoxy groups -OCH3 is 2. The number of carbonyl (C=O) groups excluding carboxylic acids is 1. The van der Waals surface area contributed by atoms with Gasteiger partial charge in [-0.05, 0) is 36.8 Å². The minimum absolute atomic E-state index is 0.263. The number of aromatic nitrogens is 2. The van der Waals surface area contributed by atoms with Crippen molar-refractivity contribution >= 4 is 5.91 Å². The summed E-state index contributed by atoms with van der Waals surface area (Å²) in [7, 11) is 3.07. The van der Waals surface area contributed by atoms with Crippen molar-refractivity contribution in [3.05, 3.63) is 87.2 Å². The summed E-state index contributed by atoms with van der Waals surface area (Å²) in [5.74, 6) is 0.803. The van der Waals surface area contributed by atoms with E-state index in [0.717, 1.165) is 15.9 Å². The van der Waals surface area contributed by atoms with Gasteiger partial charge in [-0.3, -0.25) is 23.5 Å². The first-order chi connectivity index (χ1) is 14.4. The first-order valence-corrected chi connectivity index (χ1v) is 9.33. The van der Waals surface area contributed by atoms with Gasteiger partial charge in [-0.25, -0.2) is 0 Å². The van der Waals surface area contributed by atoms with Crippen LogP contribution >= 0.6 is 0 Å². The maximum atomic E-state index is 12.6. The third-order valence-electron chi connectivity index (χ3n) is 4.71. The van der Waals surface area contributed by atoms with Crippen LogP contribution in [0.1, 0.15) is 18.5 Å². The summed E-state index contributed by atoms with van der Waals surface area (Å²) in [6.07, 6.45) is 2.86. The molecule has 0 radical (unpaired) electrons. The van der Waals surface area contributed by atoms with Gasteiger partial charge in [0.2, 0.25) is 5.91 Å². The highest BCUT2D eigenvalue weighted by Crippen LogP contribution is 2.20. The van der Waals surface area contributed by atoms with Gasteiger partial charge >= 0.3 is 11.1 Å². The van der Waals surface area contributed by atoms with Crippen molar-refractivity contribution in [1.29, 1.82) is 0 Å². The lowest BCUT2D eigenvalue weighted by Crippen LogP contribution is -2.42. The van der Waals surface area contributed by atoms with E-state index in [1.807, 2.05) is 19.1 Å². The standard InChI is InChI=1S/C22H23N3O5/c1-15(16-8-10-17(29-2)11-9-16)23-20(26)14-24-12-13-25(22(28)21(24)27)18-6-4-5-7-19(18)30-3/h4-13,15H,14H2,1-3H3,(H,23,26). The van der Waals surface area contributed by atoms with Crippen LogP contribution in [0, 0.1) is 0 Å². The fourth-order valence-corrected chi connectivity index (χ4v) is 3.07. The van der Waals surface area contributed by atoms with Gasteiger partial charge in [0.15, 0.2) is 0 Å². The molecule has 30 heavy (non-hydrogen) atoms. The van der Waals surface area contributed by atoms with Crippen LogP contribution in [-0.4, -0.2) is 29.3 Å². The van der Waals surface area contributed by atoms with Crippen LogP contribution in [0.15, 0.2) is 70.5 Å². The Morgan fingerprint density at radius 3 is 2.33 bits per heavy atom. The van der Waals surface area contributed by atoms with Gasteiger partial charge in [0.1, 0.15) is 18.0 Å². The molecule has 8 heteroatoms. The zero-order chi connectivity index (χ0) is 21.7. The second-order valence-electron chi connectivity index (χ2n) is 6.64. The fraction of sp³-hybridized carbons (Fsp3) is 0.227. The van der Waals surface area contributed by atoms with E-state index in [1.54, 1.807) is 43.5 Å². The van der Waals surface area contributed by atoms with Crippen molar-refractivity contribution in [3.8, 4) is 17.2 Å². The number of para-hydroxylation sites is 2. The molecular formula is C22H23N3O5. The number of carbonyl (C=O) groups is 1. The summed E-state index contributed by atoms with van der Waals surface area (Å²) in [5, 5.41) is 2.83. The molecule has 0 aliphatic heterocycles. The minimum atomic E-state index is -0.796. The van der Waals surface area contributed by atoms with Crippen LogP contribution in [0.4, 0.5) is 0 Å². The van der Waals surface area contributed by atoms with Gasteiger partial charge in [-0.2, -0.15) is 0 Å². The van der Waals surface area contributed by atoms with Gasteiger partial charge in [0, 0.05) is 12.4 Å². The zero-order valence-corrected chi connectivity index (χ0v) is 17.0. The first kappa shape index (κ1) is 20.9. The van der Waals surface area contributed by atoms with Crippen molar-refractivity contribution in [2.75, 3.05) is 14.2 Å². The fourth-order valence-electron chi connectivity index (χ4n) is 3.07. The Morgan fingerprint density at radius 1 is 0.967 bits per heavy atom. The molecule has 1 aromatic heterocycles. The van der Waals surface area contributed by atoms with Crippen LogP contribution in [-0.2, 0) is 11.3 Å². The highest BCUT2D eigenvalue weighted by atomic mass is 16.5. The van der Waals surface area contributed by atoms with Crippen LogP contribution in [0.5, 0.6) is 11.5 Å². The number of amides is 1.